The second-order valence-electron chi connectivity index (χ2n) is 9.93. The maximum atomic E-state index is 13.2. The summed E-state index contributed by atoms with van der Waals surface area (Å²) in [7, 11) is 7.57. The van der Waals surface area contributed by atoms with Gasteiger partial charge in [-0.1, -0.05) is 66.5 Å². The number of nitrogens with one attached hydrogen (secondary N) is 2. The van der Waals surface area contributed by atoms with Crippen LogP contribution in [0.4, 0.5) is 22.7 Å². The molecule has 0 saturated carbocycles. The monoisotopic (exact) mass is 574 g/mol. The lowest BCUT2D eigenvalue weighted by Gasteiger charge is -2.25. The molecule has 0 spiro atoms. The number of carbonyl (C=O) groups excluding carboxylic acids is 2. The molecule has 0 heterocycles. The molecule has 8 heteroatoms. The van der Waals surface area contributed by atoms with Gasteiger partial charge >= 0.3 is 0 Å². The maximum Gasteiger partial charge on any atom is 0.255 e. The summed E-state index contributed by atoms with van der Waals surface area (Å²) in [6.45, 7) is 2.00. The molecule has 0 atom stereocenters. The van der Waals surface area contributed by atoms with Gasteiger partial charge < -0.3 is 20.4 Å². The van der Waals surface area contributed by atoms with Gasteiger partial charge in [0, 0.05) is 56.6 Å². The van der Waals surface area contributed by atoms with E-state index in [2.05, 4.69) is 10.6 Å². The summed E-state index contributed by atoms with van der Waals surface area (Å²) in [4.78, 5) is 30.2. The third-order valence-electron chi connectivity index (χ3n) is 6.70. The van der Waals surface area contributed by atoms with E-state index in [4.69, 9.17) is 23.2 Å². The van der Waals surface area contributed by atoms with Gasteiger partial charge in [-0.05, 0) is 59.7 Å². The van der Waals surface area contributed by atoms with E-state index in [0.29, 0.717) is 32.5 Å². The molecule has 40 heavy (non-hydrogen) atoms. The van der Waals surface area contributed by atoms with Crippen LogP contribution in [0.2, 0.25) is 10.0 Å². The molecular formula is C32H32Cl2N4O2. The van der Waals surface area contributed by atoms with E-state index >= 15 is 0 Å². The minimum absolute atomic E-state index is 0.236. The second-order valence-corrected chi connectivity index (χ2v) is 10.7. The summed E-state index contributed by atoms with van der Waals surface area (Å²) in [5.74, 6) is -0.779. The van der Waals surface area contributed by atoms with Gasteiger partial charge in [0.15, 0.2) is 0 Å². The van der Waals surface area contributed by atoms with Crippen LogP contribution in [-0.2, 0) is 0 Å². The van der Waals surface area contributed by atoms with Crippen LogP contribution in [0, 0.1) is 0 Å². The van der Waals surface area contributed by atoms with Gasteiger partial charge in [-0.2, -0.15) is 0 Å². The van der Waals surface area contributed by atoms with Crippen LogP contribution in [0.3, 0.4) is 0 Å². The molecule has 0 saturated heterocycles. The first kappa shape index (κ1) is 29.0. The normalized spacial score (nSPS) is 10.8. The zero-order valence-electron chi connectivity index (χ0n) is 23.1. The van der Waals surface area contributed by atoms with Crippen LogP contribution in [0.15, 0.2) is 84.9 Å². The van der Waals surface area contributed by atoms with Crippen LogP contribution >= 0.6 is 23.2 Å². The van der Waals surface area contributed by atoms with Crippen molar-refractivity contribution >= 4 is 57.8 Å². The van der Waals surface area contributed by atoms with E-state index < -0.39 is 0 Å². The lowest BCUT2D eigenvalue weighted by Crippen LogP contribution is -2.18. The summed E-state index contributed by atoms with van der Waals surface area (Å²) < 4.78 is 0. The van der Waals surface area contributed by atoms with E-state index in [1.807, 2.05) is 106 Å². The zero-order chi connectivity index (χ0) is 29.0. The van der Waals surface area contributed by atoms with Crippen molar-refractivity contribution in [3.8, 4) is 0 Å². The van der Waals surface area contributed by atoms with Gasteiger partial charge in [-0.15, -0.1) is 0 Å². The highest BCUT2D eigenvalue weighted by atomic mass is 35.5. The Labute approximate surface area is 245 Å². The molecule has 0 radical (unpaired) electrons. The Kier molecular flexibility index (Phi) is 9.03. The predicted octanol–water partition coefficient (Wildman–Crippen LogP) is 7.78. The molecule has 0 aromatic heterocycles. The Hall–Kier alpha value is -4.00. The quantitative estimate of drug-likeness (QED) is 0.225. The van der Waals surface area contributed by atoms with Crippen LogP contribution in [0.25, 0.3) is 0 Å². The molecular weight excluding hydrogens is 543 g/mol. The van der Waals surface area contributed by atoms with Gasteiger partial charge in [0.25, 0.3) is 11.8 Å². The standard InChI is InChI=1S/C32H32Cl2N4O2/c1-20(23-16-25(33)29(37(2)3)18-27(23)35-31(39)21-12-8-6-9-13-21)24-17-26(34)30(38(4)5)19-28(24)36-32(40)22-14-10-7-11-15-22/h6-20H,1-5H3,(H,35,39)(H,36,40). The third kappa shape index (κ3) is 6.41. The Balaban J connectivity index is 1.82. The molecule has 4 aromatic carbocycles. The number of nitrogens with zero attached hydrogens (tertiary/aromatic N) is 2. The number of halogens is 2. The Bertz CT molecular complexity index is 1410. The van der Waals surface area contributed by atoms with Gasteiger partial charge in [-0.25, -0.2) is 0 Å². The summed E-state index contributed by atoms with van der Waals surface area (Å²) in [6.07, 6.45) is 0. The summed E-state index contributed by atoms with van der Waals surface area (Å²) >= 11 is 13.5. The maximum absolute atomic E-state index is 13.2. The van der Waals surface area contributed by atoms with Crippen molar-refractivity contribution in [2.24, 2.45) is 0 Å². The topological polar surface area (TPSA) is 64.7 Å². The van der Waals surface area contributed by atoms with Crippen LogP contribution in [0.5, 0.6) is 0 Å². The highest BCUT2D eigenvalue weighted by Crippen LogP contribution is 2.42. The van der Waals surface area contributed by atoms with Crippen LogP contribution in [0.1, 0.15) is 44.7 Å². The lowest BCUT2D eigenvalue weighted by atomic mass is 9.89. The van der Waals surface area contributed by atoms with E-state index in [1.54, 1.807) is 24.3 Å². The number of hydrogen-bond acceptors (Lipinski definition) is 4. The molecule has 4 rings (SSSR count). The van der Waals surface area contributed by atoms with E-state index in [0.717, 1.165) is 22.5 Å². The Morgan fingerprint density at radius 1 is 0.625 bits per heavy atom. The van der Waals surface area contributed by atoms with Crippen molar-refractivity contribution in [3.63, 3.8) is 0 Å². The predicted molar refractivity (Wildman–Crippen MR) is 168 cm³/mol. The SMILES string of the molecule is CC(c1cc(Cl)c(N(C)C)cc1NC(=O)c1ccccc1)c1cc(Cl)c(N(C)C)cc1NC(=O)c1ccccc1. The average molecular weight is 576 g/mol. The molecule has 0 fully saturated rings. The Morgan fingerprint density at radius 2 is 0.975 bits per heavy atom. The molecule has 4 aromatic rings. The van der Waals surface area contributed by atoms with Gasteiger partial charge in [0.1, 0.15) is 0 Å². The van der Waals surface area contributed by atoms with Crippen LogP contribution in [-0.4, -0.2) is 40.0 Å². The molecule has 0 aliphatic rings. The average Bonchev–Trinajstić information content (AvgIpc) is 2.94. The number of amides is 2. The summed E-state index contributed by atoms with van der Waals surface area (Å²) in [6, 6.07) is 25.5. The second kappa shape index (κ2) is 12.5. The van der Waals surface area contributed by atoms with Gasteiger partial charge in [0.05, 0.1) is 21.4 Å². The highest BCUT2D eigenvalue weighted by Gasteiger charge is 2.23. The molecule has 2 amide bonds. The summed E-state index contributed by atoms with van der Waals surface area (Å²) in [5.41, 5.74) is 5.39. The highest BCUT2D eigenvalue weighted by molar-refractivity contribution is 6.34. The van der Waals surface area contributed by atoms with Crippen molar-refractivity contribution < 1.29 is 9.59 Å². The first-order valence-electron chi connectivity index (χ1n) is 12.8. The van der Waals surface area contributed by atoms with Gasteiger partial charge in [0.2, 0.25) is 0 Å². The Morgan fingerprint density at radius 3 is 1.30 bits per heavy atom. The molecule has 6 nitrogen and oxygen atoms in total. The molecule has 0 bridgehead atoms. The van der Waals surface area contributed by atoms with Gasteiger partial charge in [-0.3, -0.25) is 9.59 Å². The first-order valence-corrected chi connectivity index (χ1v) is 13.6. The van der Waals surface area contributed by atoms with Crippen LogP contribution < -0.4 is 20.4 Å². The largest absolute Gasteiger partial charge is 0.376 e. The molecule has 0 aliphatic carbocycles. The van der Waals surface area contributed by atoms with Crippen molar-refractivity contribution in [1.82, 2.24) is 0 Å². The van der Waals surface area contributed by atoms with Crippen molar-refractivity contribution in [2.75, 3.05) is 48.6 Å². The number of carbonyl (C=O) groups is 2. The zero-order valence-corrected chi connectivity index (χ0v) is 24.6. The van der Waals surface area contributed by atoms with Crippen molar-refractivity contribution in [3.05, 3.63) is 117 Å². The van der Waals surface area contributed by atoms with E-state index in [1.165, 1.54) is 0 Å². The number of anilines is 4. The molecule has 2 N–H and O–H groups in total. The first-order chi connectivity index (χ1) is 19.1. The minimum atomic E-state index is -0.306. The third-order valence-corrected chi connectivity index (χ3v) is 7.31. The molecule has 0 unspecified atom stereocenters. The molecule has 0 aliphatic heterocycles. The lowest BCUT2D eigenvalue weighted by molar-refractivity contribution is 0.101. The van der Waals surface area contributed by atoms with Crippen molar-refractivity contribution in [1.29, 1.82) is 0 Å². The minimum Gasteiger partial charge on any atom is -0.376 e. The smallest absolute Gasteiger partial charge is 0.255 e. The fraction of sp³-hybridized carbons (Fsp3) is 0.188. The summed E-state index contributed by atoms with van der Waals surface area (Å²) in [5, 5.41) is 7.23. The fourth-order valence-electron chi connectivity index (χ4n) is 4.51. The number of rotatable bonds is 8. The van der Waals surface area contributed by atoms with Crippen molar-refractivity contribution in [2.45, 2.75) is 12.8 Å². The number of benzene rings is 4. The fourth-order valence-corrected chi connectivity index (χ4v) is 5.19. The molecule has 206 valence electrons. The van der Waals surface area contributed by atoms with E-state index in [-0.39, 0.29) is 17.7 Å². The number of hydrogen-bond donors (Lipinski definition) is 2. The van der Waals surface area contributed by atoms with E-state index in [9.17, 15) is 9.59 Å².